The van der Waals surface area contributed by atoms with E-state index in [1.165, 1.54) is 32.1 Å². The third-order valence-electron chi connectivity index (χ3n) is 6.44. The molecule has 2 fully saturated rings. The minimum atomic E-state index is -5.08. The van der Waals surface area contributed by atoms with Crippen molar-refractivity contribution in [2.75, 3.05) is 25.5 Å². The van der Waals surface area contributed by atoms with E-state index in [9.17, 15) is 18.0 Å². The number of amides is 1. The van der Waals surface area contributed by atoms with Gasteiger partial charge in [0.1, 0.15) is 11.6 Å². The predicted octanol–water partition coefficient (Wildman–Crippen LogP) is 4.75. The summed E-state index contributed by atoms with van der Waals surface area (Å²) >= 11 is 0. The standard InChI is InChI=1S/C22H30N4O2.C2HF3O2/c1-28-20-10-6-5-9-19(20)22(27)24-21-11-14-23-26(21)18-12-15-25(16-13-18)17-7-3-2-4-8-17;3-2(4,5)1(6)7/h5-6,9-11,14,17-18H,2-4,7-8,12-13,15-16H2,1H3,(H,24,27);(H,6,7). The number of piperidine rings is 1. The molecule has 0 spiro atoms. The number of nitrogens with zero attached hydrogens (tertiary/aromatic N) is 3. The first-order valence-electron chi connectivity index (χ1n) is 11.7. The maximum absolute atomic E-state index is 12.7. The van der Waals surface area contributed by atoms with Gasteiger partial charge in [0.05, 0.1) is 24.9 Å². The molecule has 1 aliphatic carbocycles. The van der Waals surface area contributed by atoms with E-state index in [4.69, 9.17) is 14.6 Å². The summed E-state index contributed by atoms with van der Waals surface area (Å²) in [6.07, 6.45) is 5.71. The highest BCUT2D eigenvalue weighted by molar-refractivity contribution is 6.05. The van der Waals surface area contributed by atoms with Gasteiger partial charge in [-0.05, 0) is 37.8 Å². The van der Waals surface area contributed by atoms with Gasteiger partial charge in [-0.2, -0.15) is 18.3 Å². The van der Waals surface area contributed by atoms with Crippen LogP contribution in [0.1, 0.15) is 61.3 Å². The number of rotatable bonds is 5. The van der Waals surface area contributed by atoms with Gasteiger partial charge in [0.15, 0.2) is 0 Å². The van der Waals surface area contributed by atoms with E-state index < -0.39 is 12.1 Å². The number of alkyl halides is 3. The minimum absolute atomic E-state index is 0.168. The number of aliphatic carboxylic acids is 1. The van der Waals surface area contributed by atoms with Crippen LogP contribution in [-0.4, -0.2) is 64.1 Å². The number of ether oxygens (including phenoxy) is 1. The Hall–Kier alpha value is -3.08. The summed E-state index contributed by atoms with van der Waals surface area (Å²) < 4.78 is 39.0. The van der Waals surface area contributed by atoms with E-state index in [0.717, 1.165) is 37.8 Å². The van der Waals surface area contributed by atoms with Crippen LogP contribution in [0.25, 0.3) is 0 Å². The van der Waals surface area contributed by atoms with E-state index in [-0.39, 0.29) is 5.91 Å². The lowest BCUT2D eigenvalue weighted by Gasteiger charge is -2.39. The fourth-order valence-corrected chi connectivity index (χ4v) is 4.66. The molecule has 0 atom stereocenters. The summed E-state index contributed by atoms with van der Waals surface area (Å²) in [7, 11) is 1.58. The first-order valence-corrected chi connectivity index (χ1v) is 11.7. The average molecular weight is 497 g/mol. The summed E-state index contributed by atoms with van der Waals surface area (Å²) in [5, 5.41) is 14.7. The molecular weight excluding hydrogens is 465 g/mol. The number of likely N-dealkylation sites (tertiary alicyclic amines) is 1. The van der Waals surface area contributed by atoms with Crippen molar-refractivity contribution < 1.29 is 32.6 Å². The molecule has 11 heteroatoms. The van der Waals surface area contributed by atoms with E-state index in [2.05, 4.69) is 15.3 Å². The zero-order chi connectivity index (χ0) is 25.4. The van der Waals surface area contributed by atoms with Crippen molar-refractivity contribution in [1.29, 1.82) is 0 Å². The van der Waals surface area contributed by atoms with Crippen molar-refractivity contribution in [3.05, 3.63) is 42.1 Å². The Morgan fingerprint density at radius 2 is 1.66 bits per heavy atom. The van der Waals surface area contributed by atoms with Gasteiger partial charge in [-0.3, -0.25) is 4.79 Å². The van der Waals surface area contributed by atoms with Gasteiger partial charge in [0, 0.05) is 25.2 Å². The van der Waals surface area contributed by atoms with Crippen molar-refractivity contribution in [3.8, 4) is 5.75 Å². The molecular formula is C24H31F3N4O4. The molecule has 1 aliphatic heterocycles. The van der Waals surface area contributed by atoms with Crippen LogP contribution >= 0.6 is 0 Å². The molecule has 1 saturated heterocycles. The van der Waals surface area contributed by atoms with Gasteiger partial charge >= 0.3 is 12.1 Å². The Morgan fingerprint density at radius 3 is 2.26 bits per heavy atom. The molecule has 35 heavy (non-hydrogen) atoms. The van der Waals surface area contributed by atoms with Gasteiger partial charge in [-0.25, -0.2) is 9.48 Å². The number of carboxylic acid groups (broad SMARTS) is 1. The SMILES string of the molecule is COc1ccccc1C(=O)Nc1ccnn1C1CCN(C2CCCCC2)CC1.O=C(O)C(F)(F)F. The van der Waals surface area contributed by atoms with E-state index >= 15 is 0 Å². The van der Waals surface area contributed by atoms with E-state index in [1.54, 1.807) is 25.4 Å². The first-order chi connectivity index (χ1) is 16.7. The summed E-state index contributed by atoms with van der Waals surface area (Å²) in [6, 6.07) is 10.3. The molecule has 1 amide bonds. The molecule has 0 radical (unpaired) electrons. The second kappa shape index (κ2) is 12.1. The lowest BCUT2D eigenvalue weighted by atomic mass is 9.92. The molecule has 8 nitrogen and oxygen atoms in total. The Kier molecular flexibility index (Phi) is 9.13. The number of hydrogen-bond acceptors (Lipinski definition) is 5. The number of carbonyl (C=O) groups excluding carboxylic acids is 1. The molecule has 2 heterocycles. The van der Waals surface area contributed by atoms with Gasteiger partial charge in [-0.15, -0.1) is 0 Å². The second-order valence-corrected chi connectivity index (χ2v) is 8.68. The highest BCUT2D eigenvalue weighted by atomic mass is 19.4. The summed E-state index contributed by atoms with van der Waals surface area (Å²) in [5.74, 6) is -1.59. The summed E-state index contributed by atoms with van der Waals surface area (Å²) in [4.78, 5) is 24.3. The van der Waals surface area contributed by atoms with Crippen LogP contribution in [0.4, 0.5) is 19.0 Å². The lowest BCUT2D eigenvalue weighted by molar-refractivity contribution is -0.192. The zero-order valence-electron chi connectivity index (χ0n) is 19.6. The highest BCUT2D eigenvalue weighted by Gasteiger charge is 2.38. The molecule has 1 saturated carbocycles. The van der Waals surface area contributed by atoms with E-state index in [1.807, 2.05) is 22.9 Å². The summed E-state index contributed by atoms with van der Waals surface area (Å²) in [5.41, 5.74) is 0.532. The number of carbonyl (C=O) groups is 2. The largest absolute Gasteiger partial charge is 0.496 e. The van der Waals surface area contributed by atoms with Gasteiger partial charge in [-0.1, -0.05) is 31.4 Å². The number of aromatic nitrogens is 2. The number of benzene rings is 1. The summed E-state index contributed by atoms with van der Waals surface area (Å²) in [6.45, 7) is 2.24. The zero-order valence-corrected chi connectivity index (χ0v) is 19.6. The van der Waals surface area contributed by atoms with Crippen LogP contribution < -0.4 is 10.1 Å². The number of methoxy groups -OCH3 is 1. The topological polar surface area (TPSA) is 96.7 Å². The fraction of sp³-hybridized carbons (Fsp3) is 0.542. The predicted molar refractivity (Wildman–Crippen MR) is 124 cm³/mol. The second-order valence-electron chi connectivity index (χ2n) is 8.68. The smallest absolute Gasteiger partial charge is 0.490 e. The number of carboxylic acids is 1. The van der Waals surface area contributed by atoms with Crippen LogP contribution in [0.5, 0.6) is 5.75 Å². The highest BCUT2D eigenvalue weighted by Crippen LogP contribution is 2.30. The molecule has 2 aliphatic rings. The maximum Gasteiger partial charge on any atom is 0.490 e. The van der Waals surface area contributed by atoms with Gasteiger partial charge < -0.3 is 20.1 Å². The van der Waals surface area contributed by atoms with Crippen molar-refractivity contribution in [3.63, 3.8) is 0 Å². The number of halogens is 3. The van der Waals surface area contributed by atoms with E-state index in [0.29, 0.717) is 17.4 Å². The molecule has 2 aromatic rings. The Balaban J connectivity index is 0.000000429. The maximum atomic E-state index is 12.7. The molecule has 1 aromatic heterocycles. The molecule has 4 rings (SSSR count). The Labute approximate surface area is 202 Å². The Bertz CT molecular complexity index is 981. The minimum Gasteiger partial charge on any atom is -0.496 e. The molecule has 0 unspecified atom stereocenters. The molecule has 2 N–H and O–H groups in total. The van der Waals surface area contributed by atoms with Crippen LogP contribution in [0, 0.1) is 0 Å². The number of hydrogen-bond donors (Lipinski definition) is 2. The quantitative estimate of drug-likeness (QED) is 0.620. The van der Waals surface area contributed by atoms with Gasteiger partial charge in [0.25, 0.3) is 5.91 Å². The first kappa shape index (κ1) is 26.5. The third kappa shape index (κ3) is 7.20. The van der Waals surface area contributed by atoms with Crippen molar-refractivity contribution in [2.45, 2.75) is 63.2 Å². The van der Waals surface area contributed by atoms with Crippen molar-refractivity contribution >= 4 is 17.7 Å². The van der Waals surface area contributed by atoms with Crippen LogP contribution in [-0.2, 0) is 4.79 Å². The van der Waals surface area contributed by atoms with Gasteiger partial charge in [0.2, 0.25) is 0 Å². The lowest BCUT2D eigenvalue weighted by Crippen LogP contribution is -2.43. The van der Waals surface area contributed by atoms with Crippen LogP contribution in [0.2, 0.25) is 0 Å². The number of para-hydroxylation sites is 1. The third-order valence-corrected chi connectivity index (χ3v) is 6.44. The Morgan fingerprint density at radius 1 is 1.03 bits per heavy atom. The van der Waals surface area contributed by atoms with Crippen LogP contribution in [0.3, 0.4) is 0 Å². The van der Waals surface area contributed by atoms with Crippen molar-refractivity contribution in [1.82, 2.24) is 14.7 Å². The molecule has 192 valence electrons. The van der Waals surface area contributed by atoms with Crippen molar-refractivity contribution in [2.24, 2.45) is 0 Å². The molecule has 0 bridgehead atoms. The normalized spacial score (nSPS) is 17.8. The monoisotopic (exact) mass is 496 g/mol. The van der Waals surface area contributed by atoms with Crippen LogP contribution in [0.15, 0.2) is 36.5 Å². The average Bonchev–Trinajstić information content (AvgIpc) is 3.32. The fourth-order valence-electron chi connectivity index (χ4n) is 4.66. The number of nitrogens with one attached hydrogen (secondary N) is 1. The molecule has 1 aromatic carbocycles. The number of anilines is 1.